The van der Waals surface area contributed by atoms with E-state index in [9.17, 15) is 43.8 Å². The fourth-order valence-electron chi connectivity index (χ4n) is 5.05. The van der Waals surface area contributed by atoms with Crippen LogP contribution in [-0.4, -0.2) is 139 Å². The summed E-state index contributed by atoms with van der Waals surface area (Å²) < 4.78 is 0. The van der Waals surface area contributed by atoms with Gasteiger partial charge in [-0.1, -0.05) is 0 Å². The fraction of sp³-hybridized carbons (Fsp3) is 0.724. The third kappa shape index (κ3) is 15.0. The zero-order valence-electron chi connectivity index (χ0n) is 27.9. The Morgan fingerprint density at radius 3 is 2.00 bits per heavy atom. The molecule has 20 heteroatoms. The zero-order valence-corrected chi connectivity index (χ0v) is 29.6. The molecule has 1 aliphatic rings. The Balaban J connectivity index is 3.12. The van der Waals surface area contributed by atoms with Gasteiger partial charge in [-0.05, 0) is 0 Å². The molecule has 1 aliphatic heterocycles. The Bertz CT molecular complexity index is 1210. The van der Waals surface area contributed by atoms with Gasteiger partial charge in [-0.2, -0.15) is 0 Å². The summed E-state index contributed by atoms with van der Waals surface area (Å²) in [7, 11) is 0. The number of guanidine groups is 1. The number of carboxylic acids is 2. The molecule has 0 aromatic heterocycles. The van der Waals surface area contributed by atoms with Gasteiger partial charge in [-0.25, -0.2) is 4.79 Å². The van der Waals surface area contributed by atoms with Crippen LogP contribution in [0.5, 0.6) is 0 Å². The van der Waals surface area contributed by atoms with E-state index >= 15 is 0 Å². The van der Waals surface area contributed by atoms with Crippen molar-refractivity contribution >= 4 is 63.4 Å². The summed E-state index contributed by atoms with van der Waals surface area (Å²) in [5.41, 5.74) is 16.6. The van der Waals surface area contributed by atoms with Crippen LogP contribution in [0.15, 0.2) is 4.99 Å². The molecule has 1 heterocycles. The number of rotatable bonds is 21. The van der Waals surface area contributed by atoms with Crippen LogP contribution in [0.1, 0.15) is 65.7 Å². The summed E-state index contributed by atoms with van der Waals surface area (Å²) >= 11 is 2.59. The molecular formula is C29H50N9O10Se. The molecule has 0 aliphatic carbocycles. The maximum atomic E-state index is 13.4. The van der Waals surface area contributed by atoms with Crippen molar-refractivity contribution in [1.82, 2.24) is 26.2 Å². The third-order valence-electron chi connectivity index (χ3n) is 7.59. The molecule has 0 aromatic rings. The van der Waals surface area contributed by atoms with Gasteiger partial charge >= 0.3 is 266 Å². The van der Waals surface area contributed by atoms with Crippen LogP contribution in [0.25, 0.3) is 0 Å². The predicted molar refractivity (Wildman–Crippen MR) is 177 cm³/mol. The van der Waals surface area contributed by atoms with Crippen LogP contribution < -0.4 is 38.5 Å². The van der Waals surface area contributed by atoms with Gasteiger partial charge in [0.05, 0.1) is 0 Å². The minimum atomic E-state index is -1.63. The molecule has 1 fully saturated rings. The Morgan fingerprint density at radius 1 is 0.878 bits per heavy atom. The summed E-state index contributed by atoms with van der Waals surface area (Å²) in [6.45, 7) is 5.16. The molecule has 19 nitrogen and oxygen atoms in total. The normalized spacial score (nSPS) is 17.9. The van der Waals surface area contributed by atoms with Gasteiger partial charge in [0.15, 0.2) is 5.96 Å². The van der Waals surface area contributed by atoms with E-state index in [-0.39, 0.29) is 56.0 Å². The van der Waals surface area contributed by atoms with Gasteiger partial charge in [0, 0.05) is 0 Å². The first-order chi connectivity index (χ1) is 22.9. The average molecular weight is 764 g/mol. The van der Waals surface area contributed by atoms with Gasteiger partial charge in [-0.3, -0.25) is 0 Å². The number of carbonyl (C=O) groups excluding carboxylic acids is 5. The predicted octanol–water partition coefficient (Wildman–Crippen LogP) is -3.74. The summed E-state index contributed by atoms with van der Waals surface area (Å²) in [6, 6.07) is -7.63. The van der Waals surface area contributed by atoms with Gasteiger partial charge in [0.25, 0.3) is 0 Å². The van der Waals surface area contributed by atoms with Crippen molar-refractivity contribution in [3.63, 3.8) is 0 Å². The van der Waals surface area contributed by atoms with Crippen LogP contribution in [-0.2, 0) is 33.6 Å². The van der Waals surface area contributed by atoms with Crippen molar-refractivity contribution in [3.8, 4) is 0 Å². The van der Waals surface area contributed by atoms with E-state index in [1.807, 2.05) is 13.8 Å². The monoisotopic (exact) mass is 764 g/mol. The number of carboxylic acid groups (broad SMARTS) is 2. The van der Waals surface area contributed by atoms with Gasteiger partial charge in [0.2, 0.25) is 0 Å². The standard InChI is InChI=1S/C29H50N9O10Se/c1-14(2)12-16(30)23(42)34-17(8-9-21(40)41)24(43)36-19(13-49)25(44)37-22(15(3)39)26(45)35-18(6-4-10-33-29(31)32)27(46)38-11-5-7-20(38)28(47)48/h14-20,22,39H,4-13,30H2,1-3H3,(H,34,42)(H,35,45)(H,36,43)(H,37,44)(H,40,41)(H,47,48)(H4,31,32,33)/t15-,16+,17+,18+,19+,20+,22+/m1/s1. The molecule has 49 heavy (non-hydrogen) atoms. The minimum absolute atomic E-state index is 0.00243. The topological polar surface area (TPSA) is 322 Å². The van der Waals surface area contributed by atoms with E-state index in [1.54, 1.807) is 0 Å². The number of carbonyl (C=O) groups is 7. The molecule has 13 N–H and O–H groups in total. The number of aliphatic carboxylic acids is 2. The quantitative estimate of drug-likeness (QED) is 0.0233. The van der Waals surface area contributed by atoms with E-state index in [0.29, 0.717) is 12.8 Å². The molecule has 5 amide bonds. The van der Waals surface area contributed by atoms with E-state index in [2.05, 4.69) is 42.3 Å². The maximum absolute atomic E-state index is 13.4. The van der Waals surface area contributed by atoms with Gasteiger partial charge in [0.1, 0.15) is 0 Å². The number of aliphatic hydroxyl groups excluding tert-OH is 1. The Kier molecular flexibility index (Phi) is 18.6. The Morgan fingerprint density at radius 2 is 1.47 bits per heavy atom. The number of hydrogen-bond donors (Lipinski definition) is 10. The van der Waals surface area contributed by atoms with Crippen LogP contribution in [0.3, 0.4) is 0 Å². The van der Waals surface area contributed by atoms with Crippen LogP contribution in [0.4, 0.5) is 0 Å². The number of aliphatic hydroxyl groups is 1. The van der Waals surface area contributed by atoms with Crippen molar-refractivity contribution in [1.29, 1.82) is 0 Å². The number of nitrogens with two attached hydrogens (primary N) is 3. The number of likely N-dealkylation sites (tertiary alicyclic amines) is 1. The second-order valence-corrected chi connectivity index (χ2v) is 12.9. The first-order valence-corrected chi connectivity index (χ1v) is 17.1. The Hall–Kier alpha value is -4.00. The second-order valence-electron chi connectivity index (χ2n) is 12.2. The van der Waals surface area contributed by atoms with Crippen molar-refractivity contribution in [2.45, 2.75) is 113 Å². The van der Waals surface area contributed by atoms with Crippen molar-refractivity contribution in [2.75, 3.05) is 13.1 Å². The number of nitrogens with one attached hydrogen (secondary N) is 4. The van der Waals surface area contributed by atoms with E-state index < -0.39 is 90.3 Å². The fourth-order valence-corrected chi connectivity index (χ4v) is 5.55. The van der Waals surface area contributed by atoms with Crippen molar-refractivity contribution < 1.29 is 48.9 Å². The Labute approximate surface area is 292 Å². The van der Waals surface area contributed by atoms with Crippen LogP contribution in [0, 0.1) is 5.92 Å². The van der Waals surface area contributed by atoms with E-state index in [0.717, 1.165) is 4.90 Å². The average Bonchev–Trinajstić information content (AvgIpc) is 3.51. The molecule has 277 valence electrons. The molecule has 0 bridgehead atoms. The number of nitrogens with zero attached hydrogens (tertiary/aromatic N) is 2. The van der Waals surface area contributed by atoms with Gasteiger partial charge in [-0.15, -0.1) is 0 Å². The summed E-state index contributed by atoms with van der Waals surface area (Å²) in [6.07, 6.45) is -1.09. The van der Waals surface area contributed by atoms with E-state index in [4.69, 9.17) is 22.3 Å². The van der Waals surface area contributed by atoms with Crippen molar-refractivity contribution in [3.05, 3.63) is 0 Å². The molecule has 1 rings (SSSR count). The molecule has 0 saturated carbocycles. The molecule has 1 radical (unpaired) electrons. The summed E-state index contributed by atoms with van der Waals surface area (Å²) in [4.78, 5) is 93.8. The van der Waals surface area contributed by atoms with Crippen LogP contribution >= 0.6 is 0 Å². The summed E-state index contributed by atoms with van der Waals surface area (Å²) in [5.74, 6) is -6.67. The van der Waals surface area contributed by atoms with E-state index in [1.165, 1.54) is 6.92 Å². The molecular weight excluding hydrogens is 713 g/mol. The third-order valence-corrected chi connectivity index (χ3v) is 8.28. The molecule has 0 aromatic carbocycles. The zero-order chi connectivity index (χ0) is 37.4. The number of amides is 5. The SMILES string of the molecule is CC(C)C[C@H](N)C(=O)N[C@@H](CCC(=O)O)C(=O)N[C@@H](C[Se])C(=O)N[C@H](C(=O)N[C@@H](CCCN=C(N)N)C(=O)N1CCC[C@H]1C(=O)O)[C@@H](C)O. The number of hydrogen-bond acceptors (Lipinski definition) is 10. The van der Waals surface area contributed by atoms with Crippen molar-refractivity contribution in [2.24, 2.45) is 28.1 Å². The first kappa shape index (κ1) is 43.0. The van der Waals surface area contributed by atoms with Crippen LogP contribution in [0.2, 0.25) is 5.32 Å². The number of aliphatic imine (C=N–C) groups is 1. The van der Waals surface area contributed by atoms with Gasteiger partial charge < -0.3 is 16.6 Å². The second kappa shape index (κ2) is 21.2. The molecule has 1 saturated heterocycles. The molecule has 7 atom stereocenters. The molecule has 0 spiro atoms. The first-order valence-electron chi connectivity index (χ1n) is 15.9. The summed E-state index contributed by atoms with van der Waals surface area (Å²) in [5, 5.41) is 38.7. The molecule has 0 unspecified atom stereocenters.